The van der Waals surface area contributed by atoms with E-state index in [9.17, 15) is 8.42 Å². The van der Waals surface area contributed by atoms with Gasteiger partial charge in [-0.05, 0) is 42.8 Å². The van der Waals surface area contributed by atoms with Crippen LogP contribution in [0, 0.1) is 6.92 Å². The van der Waals surface area contributed by atoms with Crippen LogP contribution in [0.25, 0.3) is 26.3 Å². The van der Waals surface area contributed by atoms with Crippen molar-refractivity contribution in [3.63, 3.8) is 0 Å². The molecule has 0 aliphatic heterocycles. The number of nitrogens with zero attached hydrogens (tertiary/aromatic N) is 3. The number of rotatable bonds is 4. The predicted octanol–water partition coefficient (Wildman–Crippen LogP) is 1.26. The molecule has 24 heavy (non-hydrogen) atoms. The molecule has 0 N–H and O–H groups in total. The second-order valence-corrected chi connectivity index (χ2v) is 7.50. The van der Waals surface area contributed by atoms with Crippen LogP contribution >= 0.6 is 11.3 Å². The van der Waals surface area contributed by atoms with E-state index in [1.165, 1.54) is 11.3 Å². The fraction of sp³-hybridized carbons (Fsp3) is 0.133. The van der Waals surface area contributed by atoms with E-state index >= 15 is 0 Å². The molecule has 0 radical (unpaired) electrons. The normalized spacial score (nSPS) is 11.2. The molecular weight excluding hydrogens is 373 g/mol. The quantitative estimate of drug-likeness (QED) is 0.384. The van der Waals surface area contributed by atoms with E-state index in [-0.39, 0.29) is 56.3 Å². The van der Waals surface area contributed by atoms with Crippen LogP contribution in [0.5, 0.6) is 0 Å². The first-order valence-corrected chi connectivity index (χ1v) is 8.85. The van der Waals surface area contributed by atoms with Gasteiger partial charge in [0.25, 0.3) is 10.1 Å². The van der Waals surface area contributed by atoms with Gasteiger partial charge in [0.15, 0.2) is 0 Å². The van der Waals surface area contributed by atoms with Crippen molar-refractivity contribution in [1.29, 1.82) is 0 Å². The minimum absolute atomic E-state index is 0. The van der Waals surface area contributed by atoms with E-state index < -0.39 is 10.1 Å². The summed E-state index contributed by atoms with van der Waals surface area (Å²) in [4.78, 5) is 4.65. The molecule has 0 bridgehead atoms. The van der Waals surface area contributed by atoms with Gasteiger partial charge in [-0.1, -0.05) is 6.07 Å². The third-order valence-corrected chi connectivity index (χ3v) is 6.14. The molecule has 2 aromatic carbocycles. The Labute approximate surface area is 186 Å². The predicted molar refractivity (Wildman–Crippen MR) is 89.4 cm³/mol. The second kappa shape index (κ2) is 7.79. The van der Waals surface area contributed by atoms with Crippen LogP contribution in [-0.2, 0) is 14.3 Å². The van der Waals surface area contributed by atoms with Gasteiger partial charge in [0.2, 0.25) is 0 Å². The third kappa shape index (κ3) is 3.68. The van der Waals surface area contributed by atoms with Gasteiger partial charge in [0.05, 0.1) is 17.3 Å². The Morgan fingerprint density at radius 2 is 1.83 bits per heavy atom. The van der Waals surface area contributed by atoms with E-state index in [1.807, 2.05) is 0 Å². The van der Waals surface area contributed by atoms with Gasteiger partial charge in [-0.3, -0.25) is 4.18 Å². The molecule has 0 aliphatic carbocycles. The van der Waals surface area contributed by atoms with Crippen LogP contribution in [0.4, 0.5) is 5.69 Å². The summed E-state index contributed by atoms with van der Waals surface area (Å²) in [6.07, 6.45) is 0. The zero-order chi connectivity index (χ0) is 16.6. The molecule has 0 spiro atoms. The van der Waals surface area contributed by atoms with Crippen LogP contribution in [0.15, 0.2) is 46.4 Å². The Bertz CT molecular complexity index is 999. The zero-order valence-corrected chi connectivity index (χ0v) is 18.1. The summed E-state index contributed by atoms with van der Waals surface area (Å²) < 4.78 is 29.6. The molecule has 0 unspecified atom stereocenters. The summed E-state index contributed by atoms with van der Waals surface area (Å²) >= 11 is 1.28. The molecule has 1 aromatic heterocycles. The molecule has 0 fully saturated rings. The maximum Gasteiger partial charge on any atom is 1.00 e. The van der Waals surface area contributed by atoms with E-state index in [2.05, 4.69) is 14.3 Å². The maximum absolute atomic E-state index is 12.2. The number of fused-ring (bicyclic) bond motifs is 1. The van der Waals surface area contributed by atoms with Crippen LogP contribution < -0.4 is 51.4 Å². The van der Waals surface area contributed by atoms with Crippen molar-refractivity contribution in [1.82, 2.24) is 4.98 Å². The molecule has 9 heteroatoms. The summed E-state index contributed by atoms with van der Waals surface area (Å²) in [6, 6.07) is 10.3. The minimum Gasteiger partial charge on any atom is -0.706 e. The molecule has 118 valence electrons. The summed E-state index contributed by atoms with van der Waals surface area (Å²) in [5, 5.41) is 3.79. The molecule has 0 saturated heterocycles. The molecule has 3 rings (SSSR count). The Balaban J connectivity index is 0.00000208. The van der Waals surface area contributed by atoms with E-state index in [1.54, 1.807) is 43.3 Å². The average molecular weight is 386 g/mol. The molecule has 0 amide bonds. The number of hydrogen-bond acceptors (Lipinski definition) is 6. The van der Waals surface area contributed by atoms with Crippen molar-refractivity contribution in [2.75, 3.05) is 7.11 Å². The maximum atomic E-state index is 12.2. The summed E-state index contributed by atoms with van der Waals surface area (Å²) in [7, 11) is -2.67. The van der Waals surface area contributed by atoms with E-state index in [4.69, 9.17) is 5.53 Å². The molecule has 0 saturated carbocycles. The van der Waals surface area contributed by atoms with Gasteiger partial charge in [0, 0.05) is 11.3 Å². The van der Waals surface area contributed by atoms with Crippen LogP contribution in [0.1, 0.15) is 5.56 Å². The van der Waals surface area contributed by atoms with Crippen LogP contribution in [0.3, 0.4) is 0 Å². The smallest absolute Gasteiger partial charge is 0.706 e. The van der Waals surface area contributed by atoms with Crippen molar-refractivity contribution in [3.05, 3.63) is 47.5 Å². The average Bonchev–Trinajstić information content (AvgIpc) is 2.98. The van der Waals surface area contributed by atoms with Crippen molar-refractivity contribution in [2.45, 2.75) is 11.8 Å². The zero-order valence-electron chi connectivity index (χ0n) is 13.3. The fourth-order valence-corrected chi connectivity index (χ4v) is 4.71. The molecule has 1 heterocycles. The first kappa shape index (κ1) is 19.8. The van der Waals surface area contributed by atoms with E-state index in [0.717, 1.165) is 12.7 Å². The van der Waals surface area contributed by atoms with Gasteiger partial charge in [-0.2, -0.15) is 8.42 Å². The van der Waals surface area contributed by atoms with Crippen molar-refractivity contribution in [2.24, 2.45) is 5.11 Å². The fourth-order valence-electron chi connectivity index (χ4n) is 2.25. The van der Waals surface area contributed by atoms with Gasteiger partial charge < -0.3 is 10.6 Å². The van der Waals surface area contributed by atoms with Gasteiger partial charge in [0.1, 0.15) is 9.90 Å². The first-order chi connectivity index (χ1) is 11.0. The summed E-state index contributed by atoms with van der Waals surface area (Å²) in [6.45, 7) is 1.72. The molecular formula is C15H12KN3O3S2. The minimum atomic E-state index is -3.81. The van der Waals surface area contributed by atoms with Crippen molar-refractivity contribution in [3.8, 4) is 10.6 Å². The number of thiazole rings is 1. The number of aromatic nitrogens is 1. The SMILES string of the molecule is COS(=O)(=O)c1c(C)ccc2nc(-c3ccc(N=[N-])cc3)sc12.[K+]. The van der Waals surface area contributed by atoms with Gasteiger partial charge in [-0.25, -0.2) is 4.98 Å². The van der Waals surface area contributed by atoms with Gasteiger partial charge in [-0.15, -0.1) is 11.3 Å². The number of aryl methyl sites for hydroxylation is 1. The Hall–Kier alpha value is -0.524. The monoisotopic (exact) mass is 385 g/mol. The van der Waals surface area contributed by atoms with Crippen LogP contribution in [0.2, 0.25) is 0 Å². The first-order valence-electron chi connectivity index (χ1n) is 6.62. The second-order valence-electron chi connectivity index (χ2n) is 4.85. The van der Waals surface area contributed by atoms with Crippen LogP contribution in [-0.4, -0.2) is 20.5 Å². The molecule has 6 nitrogen and oxygen atoms in total. The Morgan fingerprint density at radius 3 is 2.42 bits per heavy atom. The van der Waals surface area contributed by atoms with Crippen molar-refractivity contribution >= 4 is 37.4 Å². The molecule has 0 aliphatic rings. The standard InChI is InChI=1S/C15H12N3O3S2.K/c1-9-3-8-12-13(14(9)23(19,20)21-2)22-15(17-12)10-4-6-11(18-16)7-5-10;/h3-8H,1-2H3;/q-1;+1. The molecule has 3 aromatic rings. The summed E-state index contributed by atoms with van der Waals surface area (Å²) in [5.74, 6) is 0. The largest absolute Gasteiger partial charge is 1.00 e. The van der Waals surface area contributed by atoms with Crippen molar-refractivity contribution < 1.29 is 64.0 Å². The Morgan fingerprint density at radius 1 is 1.17 bits per heavy atom. The topological polar surface area (TPSA) is 90.9 Å². The van der Waals surface area contributed by atoms with E-state index in [0.29, 0.717) is 26.5 Å². The summed E-state index contributed by atoms with van der Waals surface area (Å²) in [5.41, 5.74) is 11.2. The molecule has 0 atom stereocenters. The number of benzene rings is 2. The number of hydrogen-bond donors (Lipinski definition) is 0. The Kier molecular flexibility index (Phi) is 6.43. The third-order valence-electron chi connectivity index (χ3n) is 3.41. The van der Waals surface area contributed by atoms with Gasteiger partial charge >= 0.3 is 51.4 Å².